The summed E-state index contributed by atoms with van der Waals surface area (Å²) in [6, 6.07) is 5.16. The number of rotatable bonds is 5. The summed E-state index contributed by atoms with van der Waals surface area (Å²) in [6.45, 7) is 2.30. The molecule has 1 aliphatic rings. The molecule has 21 heavy (non-hydrogen) atoms. The van der Waals surface area contributed by atoms with E-state index in [9.17, 15) is 9.59 Å². The van der Waals surface area contributed by atoms with E-state index in [0.717, 1.165) is 19.4 Å². The molecule has 1 saturated heterocycles. The van der Waals surface area contributed by atoms with E-state index in [1.54, 1.807) is 44.2 Å². The van der Waals surface area contributed by atoms with E-state index in [1.165, 1.54) is 0 Å². The van der Waals surface area contributed by atoms with E-state index in [1.807, 2.05) is 0 Å². The van der Waals surface area contributed by atoms with Crippen LogP contribution in [-0.4, -0.2) is 43.4 Å². The largest absolute Gasteiger partial charge is 0.493 e. The van der Waals surface area contributed by atoms with E-state index in [-0.39, 0.29) is 17.7 Å². The second kappa shape index (κ2) is 6.61. The summed E-state index contributed by atoms with van der Waals surface area (Å²) >= 11 is 0. The zero-order chi connectivity index (χ0) is 15.4. The number of hydrogen-bond donors (Lipinski definition) is 0. The number of amides is 1. The van der Waals surface area contributed by atoms with Gasteiger partial charge in [0.25, 0.3) is 0 Å². The summed E-state index contributed by atoms with van der Waals surface area (Å²) < 4.78 is 10.4. The van der Waals surface area contributed by atoms with Gasteiger partial charge >= 0.3 is 0 Å². The molecule has 1 aliphatic heterocycles. The maximum Gasteiger partial charge on any atom is 0.219 e. The van der Waals surface area contributed by atoms with Gasteiger partial charge in [0, 0.05) is 31.5 Å². The lowest BCUT2D eigenvalue weighted by molar-refractivity contribution is -0.129. The van der Waals surface area contributed by atoms with Crippen LogP contribution in [0.5, 0.6) is 11.5 Å². The van der Waals surface area contributed by atoms with Crippen molar-refractivity contribution in [3.05, 3.63) is 23.8 Å². The Hall–Kier alpha value is -2.04. The highest BCUT2D eigenvalue weighted by atomic mass is 16.5. The monoisotopic (exact) mass is 291 g/mol. The summed E-state index contributed by atoms with van der Waals surface area (Å²) in [4.78, 5) is 25.7. The predicted octanol–water partition coefficient (Wildman–Crippen LogP) is 2.29. The number of hydrogen-bond acceptors (Lipinski definition) is 4. The summed E-state index contributed by atoms with van der Waals surface area (Å²) in [7, 11) is 3.10. The van der Waals surface area contributed by atoms with Gasteiger partial charge in [0.15, 0.2) is 17.3 Å². The van der Waals surface area contributed by atoms with Crippen LogP contribution in [0.2, 0.25) is 0 Å². The molecule has 0 bridgehead atoms. The van der Waals surface area contributed by atoms with E-state index >= 15 is 0 Å². The van der Waals surface area contributed by atoms with Gasteiger partial charge in [-0.3, -0.25) is 9.59 Å². The predicted molar refractivity (Wildman–Crippen MR) is 78.9 cm³/mol. The number of methoxy groups -OCH3 is 2. The highest BCUT2D eigenvalue weighted by Crippen LogP contribution is 2.29. The van der Waals surface area contributed by atoms with Gasteiger partial charge in [-0.1, -0.05) is 0 Å². The molecular formula is C16H21NO4. The summed E-state index contributed by atoms with van der Waals surface area (Å²) in [6.07, 6.45) is 2.21. The third-order valence-corrected chi connectivity index (χ3v) is 3.91. The highest BCUT2D eigenvalue weighted by Gasteiger charge is 2.28. The molecule has 5 heteroatoms. The van der Waals surface area contributed by atoms with E-state index in [2.05, 4.69) is 0 Å². The minimum absolute atomic E-state index is 0.0168. The zero-order valence-corrected chi connectivity index (χ0v) is 12.7. The first-order valence-corrected chi connectivity index (χ1v) is 7.09. The lowest BCUT2D eigenvalue weighted by Crippen LogP contribution is -2.35. The van der Waals surface area contributed by atoms with Crippen LogP contribution in [-0.2, 0) is 4.79 Å². The van der Waals surface area contributed by atoms with Crippen molar-refractivity contribution in [3.8, 4) is 11.5 Å². The molecule has 0 saturated carbocycles. The minimum atomic E-state index is 0.0168. The Labute approximate surface area is 124 Å². The molecule has 0 aromatic heterocycles. The summed E-state index contributed by atoms with van der Waals surface area (Å²) in [5.41, 5.74) is 0.586. The van der Waals surface area contributed by atoms with Gasteiger partial charge in [-0.15, -0.1) is 0 Å². The molecule has 1 fully saturated rings. The second-order valence-electron chi connectivity index (χ2n) is 5.21. The highest BCUT2D eigenvalue weighted by molar-refractivity contribution is 5.97. The molecule has 0 aliphatic carbocycles. The average molecular weight is 291 g/mol. The molecule has 1 aromatic rings. The van der Waals surface area contributed by atoms with Crippen LogP contribution in [0.1, 0.15) is 36.5 Å². The van der Waals surface area contributed by atoms with Crippen molar-refractivity contribution in [2.45, 2.75) is 32.2 Å². The van der Waals surface area contributed by atoms with E-state index in [4.69, 9.17) is 9.47 Å². The molecule has 1 aromatic carbocycles. The number of carbonyl (C=O) groups excluding carboxylic acids is 2. The first-order valence-electron chi connectivity index (χ1n) is 7.09. The first-order chi connectivity index (χ1) is 10.1. The fraction of sp³-hybridized carbons (Fsp3) is 0.500. The van der Waals surface area contributed by atoms with Crippen LogP contribution in [0.3, 0.4) is 0 Å². The maximum absolute atomic E-state index is 12.4. The topological polar surface area (TPSA) is 55.8 Å². The van der Waals surface area contributed by atoms with Crippen LogP contribution in [0.4, 0.5) is 0 Å². The van der Waals surface area contributed by atoms with Crippen LogP contribution >= 0.6 is 0 Å². The number of ketones is 1. The molecule has 0 spiro atoms. The van der Waals surface area contributed by atoms with Gasteiger partial charge in [-0.2, -0.15) is 0 Å². The third-order valence-electron chi connectivity index (χ3n) is 3.91. The smallest absolute Gasteiger partial charge is 0.219 e. The SMILES string of the molecule is COc1ccc(C(=O)C[C@H]2CCCN2C(C)=O)cc1OC. The van der Waals surface area contributed by atoms with Crippen molar-refractivity contribution < 1.29 is 19.1 Å². The third kappa shape index (κ3) is 3.35. The van der Waals surface area contributed by atoms with Crippen molar-refractivity contribution in [2.24, 2.45) is 0 Å². The van der Waals surface area contributed by atoms with Crippen LogP contribution in [0.15, 0.2) is 18.2 Å². The molecule has 0 radical (unpaired) electrons. The Morgan fingerprint density at radius 3 is 2.57 bits per heavy atom. The second-order valence-corrected chi connectivity index (χ2v) is 5.21. The number of likely N-dealkylation sites (tertiary alicyclic amines) is 1. The van der Waals surface area contributed by atoms with Gasteiger partial charge in [0.1, 0.15) is 0 Å². The Morgan fingerprint density at radius 1 is 1.24 bits per heavy atom. The zero-order valence-electron chi connectivity index (χ0n) is 12.7. The Balaban J connectivity index is 2.11. The molecule has 114 valence electrons. The summed E-state index contributed by atoms with van der Waals surface area (Å²) in [5, 5.41) is 0. The van der Waals surface area contributed by atoms with Crippen molar-refractivity contribution >= 4 is 11.7 Å². The standard InChI is InChI=1S/C16H21NO4/c1-11(18)17-8-4-5-13(17)10-14(19)12-6-7-15(20-2)16(9-12)21-3/h6-7,9,13H,4-5,8,10H2,1-3H3/t13-/m1/s1. The molecule has 1 amide bonds. The van der Waals surface area contributed by atoms with Gasteiger partial charge in [0.05, 0.1) is 14.2 Å². The van der Waals surface area contributed by atoms with Crippen LogP contribution in [0.25, 0.3) is 0 Å². The van der Waals surface area contributed by atoms with Crippen molar-refractivity contribution in [2.75, 3.05) is 20.8 Å². The number of ether oxygens (including phenoxy) is 2. The number of nitrogens with zero attached hydrogens (tertiary/aromatic N) is 1. The van der Waals surface area contributed by atoms with Gasteiger partial charge in [0.2, 0.25) is 5.91 Å². The molecular weight excluding hydrogens is 270 g/mol. The molecule has 1 atom stereocenters. The van der Waals surface area contributed by atoms with Crippen LogP contribution in [0, 0.1) is 0 Å². The van der Waals surface area contributed by atoms with E-state index < -0.39 is 0 Å². The first kappa shape index (κ1) is 15.4. The minimum Gasteiger partial charge on any atom is -0.493 e. The van der Waals surface area contributed by atoms with Gasteiger partial charge < -0.3 is 14.4 Å². The fourth-order valence-electron chi connectivity index (χ4n) is 2.80. The maximum atomic E-state index is 12.4. The molecule has 5 nitrogen and oxygen atoms in total. The molecule has 0 unspecified atom stereocenters. The van der Waals surface area contributed by atoms with E-state index in [0.29, 0.717) is 23.5 Å². The number of Topliss-reactive ketones (excluding diaryl/α,β-unsaturated/α-hetero) is 1. The number of benzene rings is 1. The molecule has 1 heterocycles. The normalized spacial score (nSPS) is 17.7. The van der Waals surface area contributed by atoms with Crippen molar-refractivity contribution in [1.29, 1.82) is 0 Å². The quantitative estimate of drug-likeness (QED) is 0.781. The van der Waals surface area contributed by atoms with Crippen molar-refractivity contribution in [3.63, 3.8) is 0 Å². The van der Waals surface area contributed by atoms with Crippen molar-refractivity contribution in [1.82, 2.24) is 4.90 Å². The average Bonchev–Trinajstić information content (AvgIpc) is 2.94. The molecule has 2 rings (SSSR count). The lowest BCUT2D eigenvalue weighted by Gasteiger charge is -2.22. The Kier molecular flexibility index (Phi) is 4.83. The number of carbonyl (C=O) groups is 2. The Bertz CT molecular complexity index is 541. The van der Waals surface area contributed by atoms with Gasteiger partial charge in [-0.25, -0.2) is 0 Å². The Morgan fingerprint density at radius 2 is 1.95 bits per heavy atom. The summed E-state index contributed by atoms with van der Waals surface area (Å²) in [5.74, 6) is 1.20. The van der Waals surface area contributed by atoms with Gasteiger partial charge in [-0.05, 0) is 31.0 Å². The lowest BCUT2D eigenvalue weighted by atomic mass is 10.0. The molecule has 0 N–H and O–H groups in total. The van der Waals surface area contributed by atoms with Crippen LogP contribution < -0.4 is 9.47 Å². The fourth-order valence-corrected chi connectivity index (χ4v) is 2.80.